The number of nitrogens with zero attached hydrogens (tertiary/aromatic N) is 2. The molecule has 2 atom stereocenters. The summed E-state index contributed by atoms with van der Waals surface area (Å²) in [5.41, 5.74) is 0.215. The van der Waals surface area contributed by atoms with Gasteiger partial charge in [-0.1, -0.05) is 0 Å². The lowest BCUT2D eigenvalue weighted by molar-refractivity contribution is -0.123. The molecule has 28 heavy (non-hydrogen) atoms. The first kappa shape index (κ1) is 19.8. The fraction of sp³-hybridized carbons (Fsp3) is 0.684. The van der Waals surface area contributed by atoms with Gasteiger partial charge in [-0.15, -0.1) is 0 Å². The highest BCUT2D eigenvalue weighted by molar-refractivity contribution is 7.99. The topological polar surface area (TPSA) is 54.3 Å². The van der Waals surface area contributed by atoms with Crippen LogP contribution in [0.5, 0.6) is 0 Å². The molecule has 0 spiro atoms. The number of carbonyl (C=O) groups excluding carboxylic acids is 1. The SMILES string of the molecule is O=C(NCC(F)(F)F)c1ccc2n(c1=O)C[C@H]1C[C@@H]2CN(C2CCSCC2)C1. The van der Waals surface area contributed by atoms with Crippen LogP contribution in [0.4, 0.5) is 13.2 Å². The number of fused-ring (bicyclic) bond motifs is 4. The molecule has 2 fully saturated rings. The second-order valence-corrected chi connectivity index (χ2v) is 9.21. The molecule has 4 heterocycles. The zero-order chi connectivity index (χ0) is 19.9. The number of likely N-dealkylation sites (tertiary alicyclic amines) is 1. The molecule has 1 aromatic rings. The molecule has 2 bridgehead atoms. The van der Waals surface area contributed by atoms with Crippen molar-refractivity contribution in [2.45, 2.75) is 43.9 Å². The maximum Gasteiger partial charge on any atom is 0.405 e. The number of alkyl halides is 3. The van der Waals surface area contributed by atoms with Crippen molar-refractivity contribution in [3.63, 3.8) is 0 Å². The van der Waals surface area contributed by atoms with Crippen LogP contribution in [-0.2, 0) is 6.54 Å². The molecule has 1 aromatic heterocycles. The molecule has 154 valence electrons. The summed E-state index contributed by atoms with van der Waals surface area (Å²) >= 11 is 2.00. The fourth-order valence-corrected chi connectivity index (χ4v) is 5.86. The number of carbonyl (C=O) groups is 1. The highest BCUT2D eigenvalue weighted by Gasteiger charge is 2.38. The third-order valence-corrected chi connectivity index (χ3v) is 7.08. The van der Waals surface area contributed by atoms with E-state index in [0.29, 0.717) is 18.5 Å². The molecule has 4 rings (SSSR count). The molecule has 5 nitrogen and oxygen atoms in total. The number of thioether (sulfide) groups is 1. The average molecular weight is 415 g/mol. The quantitative estimate of drug-likeness (QED) is 0.824. The number of rotatable bonds is 3. The molecular formula is C19H24F3N3O2S. The van der Waals surface area contributed by atoms with Gasteiger partial charge in [-0.3, -0.25) is 14.5 Å². The zero-order valence-electron chi connectivity index (χ0n) is 15.5. The van der Waals surface area contributed by atoms with Gasteiger partial charge in [0.1, 0.15) is 12.1 Å². The summed E-state index contributed by atoms with van der Waals surface area (Å²) in [7, 11) is 0. The van der Waals surface area contributed by atoms with Gasteiger partial charge in [0.05, 0.1) is 0 Å². The number of amides is 1. The molecule has 0 radical (unpaired) electrons. The van der Waals surface area contributed by atoms with Gasteiger partial charge in [-0.2, -0.15) is 24.9 Å². The Labute approximate surface area is 165 Å². The second kappa shape index (κ2) is 7.74. The fourth-order valence-electron chi connectivity index (χ4n) is 4.78. The Kier molecular flexibility index (Phi) is 5.48. The van der Waals surface area contributed by atoms with E-state index in [1.165, 1.54) is 30.4 Å². The van der Waals surface area contributed by atoms with Crippen molar-refractivity contribution in [2.24, 2.45) is 5.92 Å². The second-order valence-electron chi connectivity index (χ2n) is 7.98. The Morgan fingerprint density at radius 3 is 2.64 bits per heavy atom. The summed E-state index contributed by atoms with van der Waals surface area (Å²) in [5, 5.41) is 1.80. The maximum absolute atomic E-state index is 12.8. The van der Waals surface area contributed by atoms with Gasteiger partial charge in [0.25, 0.3) is 11.5 Å². The summed E-state index contributed by atoms with van der Waals surface area (Å²) in [6.45, 7) is 0.947. The van der Waals surface area contributed by atoms with E-state index in [-0.39, 0.29) is 11.5 Å². The van der Waals surface area contributed by atoms with Crippen LogP contribution in [0, 0.1) is 5.92 Å². The third kappa shape index (κ3) is 4.10. The van der Waals surface area contributed by atoms with Crippen molar-refractivity contribution in [1.82, 2.24) is 14.8 Å². The Balaban J connectivity index is 1.53. The minimum absolute atomic E-state index is 0.214. The Bertz CT molecular complexity index is 805. The van der Waals surface area contributed by atoms with Gasteiger partial charge in [0.2, 0.25) is 0 Å². The number of pyridine rings is 1. The largest absolute Gasteiger partial charge is 0.405 e. The normalized spacial score (nSPS) is 26.0. The molecule has 0 saturated carbocycles. The van der Waals surface area contributed by atoms with E-state index < -0.39 is 24.2 Å². The Morgan fingerprint density at radius 2 is 1.93 bits per heavy atom. The minimum atomic E-state index is -4.50. The predicted molar refractivity (Wildman–Crippen MR) is 102 cm³/mol. The van der Waals surface area contributed by atoms with E-state index in [4.69, 9.17) is 0 Å². The first-order valence-electron chi connectivity index (χ1n) is 9.72. The Hall–Kier alpha value is -1.48. The molecular weight excluding hydrogens is 391 g/mol. The van der Waals surface area contributed by atoms with Gasteiger partial charge < -0.3 is 9.88 Å². The van der Waals surface area contributed by atoms with Crippen LogP contribution in [-0.4, -0.2) is 58.7 Å². The lowest BCUT2D eigenvalue weighted by atomic mass is 9.82. The van der Waals surface area contributed by atoms with E-state index in [1.807, 2.05) is 11.8 Å². The highest BCUT2D eigenvalue weighted by atomic mass is 32.2. The van der Waals surface area contributed by atoms with E-state index >= 15 is 0 Å². The number of nitrogens with one attached hydrogen (secondary N) is 1. The first-order valence-corrected chi connectivity index (χ1v) is 10.9. The summed E-state index contributed by atoms with van der Waals surface area (Å²) in [6.07, 6.45) is -1.07. The van der Waals surface area contributed by atoms with Crippen LogP contribution in [0.15, 0.2) is 16.9 Å². The molecule has 9 heteroatoms. The average Bonchev–Trinajstić information content (AvgIpc) is 2.67. The molecule has 3 aliphatic heterocycles. The van der Waals surface area contributed by atoms with Crippen molar-refractivity contribution < 1.29 is 18.0 Å². The van der Waals surface area contributed by atoms with E-state index in [9.17, 15) is 22.8 Å². The number of hydrogen-bond donors (Lipinski definition) is 1. The third-order valence-electron chi connectivity index (χ3n) is 6.03. The smallest absolute Gasteiger partial charge is 0.343 e. The van der Waals surface area contributed by atoms with Crippen molar-refractivity contribution in [3.05, 3.63) is 33.7 Å². The summed E-state index contributed by atoms with van der Waals surface area (Å²) in [4.78, 5) is 27.4. The lowest BCUT2D eigenvalue weighted by Crippen LogP contribution is -2.51. The lowest BCUT2D eigenvalue weighted by Gasteiger charge is -2.46. The monoisotopic (exact) mass is 415 g/mol. The number of hydrogen-bond acceptors (Lipinski definition) is 4. The van der Waals surface area contributed by atoms with Crippen LogP contribution in [0.25, 0.3) is 0 Å². The zero-order valence-corrected chi connectivity index (χ0v) is 16.3. The van der Waals surface area contributed by atoms with E-state index in [2.05, 4.69) is 4.90 Å². The number of piperidine rings is 1. The number of aromatic nitrogens is 1. The molecule has 0 unspecified atom stereocenters. The molecule has 0 aromatic carbocycles. The van der Waals surface area contributed by atoms with Crippen LogP contribution in [0.3, 0.4) is 0 Å². The van der Waals surface area contributed by atoms with Crippen molar-refractivity contribution in [3.8, 4) is 0 Å². The van der Waals surface area contributed by atoms with Gasteiger partial charge in [0.15, 0.2) is 0 Å². The number of halogens is 3. The molecule has 0 aliphatic carbocycles. The van der Waals surface area contributed by atoms with Crippen molar-refractivity contribution >= 4 is 17.7 Å². The first-order chi connectivity index (χ1) is 13.3. The maximum atomic E-state index is 12.8. The summed E-state index contributed by atoms with van der Waals surface area (Å²) in [5.74, 6) is 2.01. The van der Waals surface area contributed by atoms with E-state index in [1.54, 1.807) is 16.0 Å². The van der Waals surface area contributed by atoms with Crippen molar-refractivity contribution in [1.29, 1.82) is 0 Å². The summed E-state index contributed by atoms with van der Waals surface area (Å²) in [6, 6.07) is 3.75. The molecule has 3 aliphatic rings. The standard InChI is InChI=1S/C19H24F3N3O2S/c20-19(21,22)11-23-17(26)15-1-2-16-13-7-12(9-25(16)18(15)27)8-24(10-13)14-3-5-28-6-4-14/h1-2,12-14H,3-11H2,(H,23,26)/t12-,13+/m0/s1. The van der Waals surface area contributed by atoms with E-state index in [0.717, 1.165) is 25.2 Å². The molecule has 1 N–H and O–H groups in total. The minimum Gasteiger partial charge on any atom is -0.343 e. The van der Waals surface area contributed by atoms with Crippen LogP contribution in [0.2, 0.25) is 0 Å². The van der Waals surface area contributed by atoms with Crippen molar-refractivity contribution in [2.75, 3.05) is 31.1 Å². The van der Waals surface area contributed by atoms with Gasteiger partial charge >= 0.3 is 6.18 Å². The van der Waals surface area contributed by atoms with Gasteiger partial charge in [0, 0.05) is 37.3 Å². The van der Waals surface area contributed by atoms with Crippen LogP contribution in [0.1, 0.15) is 41.2 Å². The molecule has 1 amide bonds. The predicted octanol–water partition coefficient (Wildman–Crippen LogP) is 2.46. The van der Waals surface area contributed by atoms with Crippen LogP contribution >= 0.6 is 11.8 Å². The van der Waals surface area contributed by atoms with Crippen LogP contribution < -0.4 is 10.9 Å². The summed E-state index contributed by atoms with van der Waals surface area (Å²) < 4.78 is 38.7. The highest BCUT2D eigenvalue weighted by Crippen LogP contribution is 2.37. The Morgan fingerprint density at radius 1 is 1.18 bits per heavy atom. The van der Waals surface area contributed by atoms with Gasteiger partial charge in [-0.05, 0) is 48.8 Å². The molecule has 2 saturated heterocycles. The van der Waals surface area contributed by atoms with Gasteiger partial charge in [-0.25, -0.2) is 0 Å².